The number of nitrogens with zero attached hydrogens (tertiary/aromatic N) is 2. The lowest BCUT2D eigenvalue weighted by molar-refractivity contribution is 0.293. The zero-order chi connectivity index (χ0) is 31.5. The van der Waals surface area contributed by atoms with Crippen molar-refractivity contribution in [1.82, 2.24) is 9.55 Å². The van der Waals surface area contributed by atoms with Gasteiger partial charge < -0.3 is 32.8 Å². The number of benzene rings is 3. The van der Waals surface area contributed by atoms with E-state index in [1.807, 2.05) is 0 Å². The number of fused-ring (bicyclic) bond motifs is 2. The van der Waals surface area contributed by atoms with Gasteiger partial charge in [-0.25, -0.2) is 4.98 Å². The minimum Gasteiger partial charge on any atom is -0.496 e. The van der Waals surface area contributed by atoms with Crippen molar-refractivity contribution in [2.75, 3.05) is 42.2 Å². The van der Waals surface area contributed by atoms with E-state index in [4.69, 9.17) is 56.0 Å². The van der Waals surface area contributed by atoms with Crippen LogP contribution in [0.1, 0.15) is 6.42 Å². The second-order valence-corrected chi connectivity index (χ2v) is 10.3. The largest absolute Gasteiger partial charge is 0.496 e. The molecule has 0 aliphatic heterocycles. The second-order valence-electron chi connectivity index (χ2n) is 9.44. The van der Waals surface area contributed by atoms with E-state index < -0.39 is 5.43 Å². The standard InChI is InChI=1S/C31H28Cl2N2O9/c1-38-18-13-21(39-2)25-22(14-18)44-28(16-9-23(40-3)29(42-5)24(10-16)41-4)30(27(25)36)43-8-6-7-35-15-34-26-19(31(35)37)11-17(32)12-20(26)33/h9-15H,6-8H2,1-5H3. The van der Waals surface area contributed by atoms with Crippen LogP contribution in [0, 0.1) is 0 Å². The van der Waals surface area contributed by atoms with Gasteiger partial charge in [0.15, 0.2) is 17.3 Å². The Labute approximate surface area is 261 Å². The van der Waals surface area contributed by atoms with Crippen molar-refractivity contribution < 1.29 is 32.8 Å². The topological polar surface area (TPSA) is 120 Å². The highest BCUT2D eigenvalue weighted by Crippen LogP contribution is 2.44. The van der Waals surface area contributed by atoms with Gasteiger partial charge in [0, 0.05) is 29.3 Å². The molecular weight excluding hydrogens is 615 g/mol. The summed E-state index contributed by atoms with van der Waals surface area (Å²) in [5.74, 6) is 1.79. The third-order valence-electron chi connectivity index (χ3n) is 6.91. The van der Waals surface area contributed by atoms with Crippen molar-refractivity contribution in [3.05, 3.63) is 73.3 Å². The fourth-order valence-corrected chi connectivity index (χ4v) is 5.36. The summed E-state index contributed by atoms with van der Waals surface area (Å²) in [4.78, 5) is 31.4. The summed E-state index contributed by atoms with van der Waals surface area (Å²) in [5, 5.41) is 1.09. The van der Waals surface area contributed by atoms with Crippen LogP contribution < -0.4 is 39.4 Å². The van der Waals surface area contributed by atoms with E-state index in [0.717, 1.165) is 0 Å². The van der Waals surface area contributed by atoms with Crippen molar-refractivity contribution in [3.63, 3.8) is 0 Å². The van der Waals surface area contributed by atoms with Crippen molar-refractivity contribution in [2.45, 2.75) is 13.0 Å². The van der Waals surface area contributed by atoms with Crippen LogP contribution in [0.3, 0.4) is 0 Å². The lowest BCUT2D eigenvalue weighted by Gasteiger charge is -2.17. The van der Waals surface area contributed by atoms with Crippen molar-refractivity contribution in [1.29, 1.82) is 0 Å². The zero-order valence-corrected chi connectivity index (χ0v) is 26.0. The van der Waals surface area contributed by atoms with Crippen molar-refractivity contribution >= 4 is 45.1 Å². The monoisotopic (exact) mass is 642 g/mol. The Morgan fingerprint density at radius 1 is 0.818 bits per heavy atom. The molecule has 0 N–H and O–H groups in total. The van der Waals surface area contributed by atoms with Crippen LogP contribution in [-0.2, 0) is 6.54 Å². The maximum absolute atomic E-state index is 14.0. The molecule has 0 fully saturated rings. The number of ether oxygens (including phenoxy) is 6. The van der Waals surface area contributed by atoms with E-state index in [1.165, 1.54) is 58.6 Å². The Morgan fingerprint density at radius 2 is 1.52 bits per heavy atom. The van der Waals surface area contributed by atoms with Crippen LogP contribution in [0.4, 0.5) is 0 Å². The van der Waals surface area contributed by atoms with Crippen LogP contribution in [-0.4, -0.2) is 51.7 Å². The van der Waals surface area contributed by atoms with Crippen LogP contribution in [0.15, 0.2) is 56.7 Å². The lowest BCUT2D eigenvalue weighted by atomic mass is 10.1. The quantitative estimate of drug-likeness (QED) is 0.159. The predicted octanol–water partition coefficient (Wildman–Crippen LogP) is 5.99. The van der Waals surface area contributed by atoms with Crippen LogP contribution in [0.25, 0.3) is 33.2 Å². The summed E-state index contributed by atoms with van der Waals surface area (Å²) >= 11 is 12.3. The summed E-state index contributed by atoms with van der Waals surface area (Å²) < 4.78 is 41.2. The Hall–Kier alpha value is -4.61. The summed E-state index contributed by atoms with van der Waals surface area (Å²) in [6.07, 6.45) is 1.75. The SMILES string of the molecule is COc1cc(OC)c2c(=O)c(OCCCn3cnc4c(Cl)cc(Cl)cc4c3=O)c(-c3cc(OC)c(OC)c(OC)c3)oc2c1. The molecule has 0 amide bonds. The van der Waals surface area contributed by atoms with E-state index in [-0.39, 0.29) is 52.0 Å². The smallest absolute Gasteiger partial charge is 0.261 e. The molecule has 0 saturated carbocycles. The molecule has 5 rings (SSSR count). The molecule has 0 radical (unpaired) electrons. The maximum Gasteiger partial charge on any atom is 0.261 e. The Bertz CT molecular complexity index is 1960. The average Bonchev–Trinajstić information content (AvgIpc) is 3.03. The van der Waals surface area contributed by atoms with Gasteiger partial charge in [0.25, 0.3) is 5.56 Å². The van der Waals surface area contributed by atoms with Gasteiger partial charge in [-0.1, -0.05) is 23.2 Å². The highest BCUT2D eigenvalue weighted by molar-refractivity contribution is 6.38. The van der Waals surface area contributed by atoms with Gasteiger partial charge in [-0.15, -0.1) is 0 Å². The Balaban J connectivity index is 1.56. The van der Waals surface area contributed by atoms with Crippen LogP contribution in [0.5, 0.6) is 34.5 Å². The fraction of sp³-hybridized carbons (Fsp3) is 0.258. The molecule has 0 unspecified atom stereocenters. The number of hydrogen-bond acceptors (Lipinski definition) is 10. The molecule has 0 bridgehead atoms. The molecule has 0 aliphatic rings. The first-order chi connectivity index (χ1) is 21.2. The molecular formula is C31H28Cl2N2O9. The number of aromatic nitrogens is 2. The summed E-state index contributed by atoms with van der Waals surface area (Å²) in [6.45, 7) is 0.289. The molecule has 2 heterocycles. The minimum atomic E-state index is -0.469. The molecule has 5 aromatic rings. The first-order valence-electron chi connectivity index (χ1n) is 13.2. The van der Waals surface area contributed by atoms with Crippen LogP contribution >= 0.6 is 23.2 Å². The molecule has 13 heteroatoms. The number of halogens is 2. The summed E-state index contributed by atoms with van der Waals surface area (Å²) in [7, 11) is 7.39. The van der Waals surface area contributed by atoms with Gasteiger partial charge in [0.2, 0.25) is 16.9 Å². The first kappa shape index (κ1) is 30.8. The van der Waals surface area contributed by atoms with E-state index in [2.05, 4.69) is 4.98 Å². The molecule has 230 valence electrons. The van der Waals surface area contributed by atoms with Crippen molar-refractivity contribution in [3.8, 4) is 45.8 Å². The fourth-order valence-electron chi connectivity index (χ4n) is 4.82. The van der Waals surface area contributed by atoms with E-state index in [0.29, 0.717) is 50.9 Å². The van der Waals surface area contributed by atoms with Crippen molar-refractivity contribution in [2.24, 2.45) is 0 Å². The number of hydrogen-bond donors (Lipinski definition) is 0. The van der Waals surface area contributed by atoms with Gasteiger partial charge >= 0.3 is 0 Å². The number of aryl methyl sites for hydroxylation is 1. The second kappa shape index (κ2) is 12.9. The molecule has 44 heavy (non-hydrogen) atoms. The van der Waals surface area contributed by atoms with Gasteiger partial charge in [-0.05, 0) is 30.7 Å². The third-order valence-corrected chi connectivity index (χ3v) is 7.42. The predicted molar refractivity (Wildman–Crippen MR) is 167 cm³/mol. The molecule has 0 aliphatic carbocycles. The highest BCUT2D eigenvalue weighted by atomic mass is 35.5. The average molecular weight is 643 g/mol. The van der Waals surface area contributed by atoms with Gasteiger partial charge in [0.1, 0.15) is 22.5 Å². The number of rotatable bonds is 11. The zero-order valence-electron chi connectivity index (χ0n) is 24.5. The maximum atomic E-state index is 14.0. The van der Waals surface area contributed by atoms with E-state index in [9.17, 15) is 9.59 Å². The van der Waals surface area contributed by atoms with Gasteiger partial charge in [0.05, 0.1) is 64.4 Å². The van der Waals surface area contributed by atoms with Gasteiger partial charge in [-0.3, -0.25) is 14.2 Å². The summed E-state index contributed by atoms with van der Waals surface area (Å²) in [5.41, 5.74) is 0.236. The molecule has 2 aromatic heterocycles. The molecule has 11 nitrogen and oxygen atoms in total. The third kappa shape index (κ3) is 5.68. The molecule has 3 aromatic carbocycles. The highest BCUT2D eigenvalue weighted by Gasteiger charge is 2.24. The lowest BCUT2D eigenvalue weighted by Crippen LogP contribution is -2.22. The molecule has 0 spiro atoms. The van der Waals surface area contributed by atoms with Crippen LogP contribution in [0.2, 0.25) is 10.0 Å². The molecule has 0 atom stereocenters. The van der Waals surface area contributed by atoms with E-state index >= 15 is 0 Å². The first-order valence-corrected chi connectivity index (χ1v) is 14.0. The van der Waals surface area contributed by atoms with E-state index in [1.54, 1.807) is 24.3 Å². The normalized spacial score (nSPS) is 11.1. The summed E-state index contributed by atoms with van der Waals surface area (Å²) in [6, 6.07) is 9.51. The Kier molecular flexibility index (Phi) is 9.07. The number of methoxy groups -OCH3 is 5. The Morgan fingerprint density at radius 3 is 2.16 bits per heavy atom. The molecule has 0 saturated heterocycles. The van der Waals surface area contributed by atoms with Gasteiger partial charge in [-0.2, -0.15) is 0 Å². The minimum absolute atomic E-state index is 0.0486.